The van der Waals surface area contributed by atoms with E-state index in [1.807, 2.05) is 0 Å². The number of aliphatic hydroxyl groups is 4. The SMILES string of the molecule is C.C.C/C=C1/CCC2C3C(CC[C@]12C)[C@@]1(C)CC[C@H](N)CC1[C@@H](O)[C@@H]3O.CC[C@H]1CCC2C3C(CC[C@@]21C)[C@@]1(C)CC[C@H](N)CC1[C@@H](O)[C@@H]3O.Cl.Cl. The van der Waals surface area contributed by atoms with Gasteiger partial charge in [-0.05, 0) is 172 Å². The number of fused-ring (bicyclic) bond motifs is 10. The predicted molar refractivity (Wildman–Crippen MR) is 220 cm³/mol. The van der Waals surface area contributed by atoms with Crippen LogP contribution in [0, 0.1) is 74.9 Å². The van der Waals surface area contributed by atoms with Crippen LogP contribution in [-0.4, -0.2) is 56.9 Å². The normalized spacial score (nSPS) is 55.0. The van der Waals surface area contributed by atoms with Gasteiger partial charge in [-0.2, -0.15) is 0 Å². The van der Waals surface area contributed by atoms with E-state index in [4.69, 9.17) is 11.5 Å². The van der Waals surface area contributed by atoms with E-state index in [2.05, 4.69) is 47.6 Å². The highest BCUT2D eigenvalue weighted by atomic mass is 35.5. The molecule has 8 N–H and O–H groups in total. The monoisotopic (exact) mass is 773 g/mol. The number of hydrogen-bond acceptors (Lipinski definition) is 6. The lowest BCUT2D eigenvalue weighted by Gasteiger charge is -2.63. The van der Waals surface area contributed by atoms with Gasteiger partial charge in [-0.1, -0.05) is 67.5 Å². The van der Waals surface area contributed by atoms with Crippen LogP contribution in [0.1, 0.15) is 153 Å². The number of nitrogens with two attached hydrogens (primary N) is 2. The van der Waals surface area contributed by atoms with Gasteiger partial charge in [0.1, 0.15) is 0 Å². The molecule has 6 nitrogen and oxygen atoms in total. The Morgan fingerprint density at radius 2 is 1.02 bits per heavy atom. The first-order valence-electron chi connectivity index (χ1n) is 20.5. The van der Waals surface area contributed by atoms with Gasteiger partial charge in [-0.3, -0.25) is 0 Å². The molecule has 8 aliphatic carbocycles. The van der Waals surface area contributed by atoms with Gasteiger partial charge in [0, 0.05) is 12.1 Å². The van der Waals surface area contributed by atoms with Crippen LogP contribution in [0.15, 0.2) is 11.6 Å². The van der Waals surface area contributed by atoms with Crippen molar-refractivity contribution in [3.05, 3.63) is 11.6 Å². The number of allylic oxidation sites excluding steroid dienone is 2. The van der Waals surface area contributed by atoms with Gasteiger partial charge in [0.2, 0.25) is 0 Å². The molecule has 306 valence electrons. The van der Waals surface area contributed by atoms with Crippen LogP contribution < -0.4 is 11.5 Å². The van der Waals surface area contributed by atoms with Crippen molar-refractivity contribution in [1.29, 1.82) is 0 Å². The standard InChI is InChI=1S/C21H37NO2.C21H35NO2.2CH4.2ClH/c2*1-4-12-5-6-14-17-15(8-10-20(12,14)2)21(3)9-7-13(22)11-16(21)18(23)19(17)24;;;;/h12-19,23-24H,4-11,22H2,1-3H3;4,13-19,23-24H,5-11,22H2,1-3H3;2*1H4;2*1H/b;12-4-;;;;/t12-,13-,14?,15?,16?,17?,18+,19+,20+,21+;13-,14?,15?,16?,17?,18+,19+,20+,21+;;;;/m00..../s1. The highest BCUT2D eigenvalue weighted by Gasteiger charge is 2.66. The number of hydrogen-bond donors (Lipinski definition) is 6. The molecule has 8 aliphatic rings. The molecule has 8 heteroatoms. The lowest BCUT2D eigenvalue weighted by atomic mass is 9.43. The number of halogens is 2. The molecule has 8 saturated carbocycles. The topological polar surface area (TPSA) is 133 Å². The van der Waals surface area contributed by atoms with Gasteiger partial charge < -0.3 is 31.9 Å². The van der Waals surface area contributed by atoms with Crippen molar-refractivity contribution in [2.45, 2.75) is 189 Å². The Balaban J connectivity index is 0.000000260. The van der Waals surface area contributed by atoms with Gasteiger partial charge >= 0.3 is 0 Å². The Hall–Kier alpha value is 0.0800. The summed E-state index contributed by atoms with van der Waals surface area (Å²) in [5, 5.41) is 44.3. The van der Waals surface area contributed by atoms with E-state index in [-0.39, 0.29) is 85.7 Å². The molecule has 0 aromatic rings. The van der Waals surface area contributed by atoms with Crippen molar-refractivity contribution in [1.82, 2.24) is 0 Å². The summed E-state index contributed by atoms with van der Waals surface area (Å²) in [6.45, 7) is 14.2. The van der Waals surface area contributed by atoms with E-state index in [9.17, 15) is 20.4 Å². The lowest BCUT2D eigenvalue weighted by molar-refractivity contribution is -0.215. The van der Waals surface area contributed by atoms with Crippen LogP contribution in [-0.2, 0) is 0 Å². The smallest absolute Gasteiger partial charge is 0.0836 e. The second-order valence-electron chi connectivity index (χ2n) is 19.9. The third kappa shape index (κ3) is 6.71. The quantitative estimate of drug-likeness (QED) is 0.148. The van der Waals surface area contributed by atoms with E-state index in [1.165, 1.54) is 57.8 Å². The minimum Gasteiger partial charge on any atom is -0.390 e. The molecule has 8 unspecified atom stereocenters. The fraction of sp³-hybridized carbons (Fsp3) is 0.955. The van der Waals surface area contributed by atoms with Crippen LogP contribution in [0.25, 0.3) is 0 Å². The molecule has 0 bridgehead atoms. The average molecular weight is 774 g/mol. The fourth-order valence-corrected chi connectivity index (χ4v) is 15.7. The van der Waals surface area contributed by atoms with Gasteiger partial charge in [0.05, 0.1) is 24.4 Å². The predicted octanol–water partition coefficient (Wildman–Crippen LogP) is 8.68. The zero-order chi connectivity index (χ0) is 34.6. The molecule has 19 atom stereocenters. The molecule has 0 aromatic heterocycles. The maximum Gasteiger partial charge on any atom is 0.0836 e. The highest BCUT2D eigenvalue weighted by molar-refractivity contribution is 5.85. The molecule has 0 heterocycles. The van der Waals surface area contributed by atoms with E-state index < -0.39 is 24.4 Å². The third-order valence-electron chi connectivity index (χ3n) is 18.5. The maximum absolute atomic E-state index is 11.1. The molecule has 0 aliphatic heterocycles. The van der Waals surface area contributed by atoms with Crippen molar-refractivity contribution in [3.63, 3.8) is 0 Å². The molecular weight excluding hydrogens is 691 g/mol. The number of aliphatic hydroxyl groups excluding tert-OH is 4. The summed E-state index contributed by atoms with van der Waals surface area (Å²) in [5.74, 6) is 3.95. The molecule has 0 aromatic carbocycles. The van der Waals surface area contributed by atoms with E-state index in [0.29, 0.717) is 35.0 Å². The second kappa shape index (κ2) is 16.5. The Labute approximate surface area is 331 Å². The van der Waals surface area contributed by atoms with Crippen molar-refractivity contribution in [3.8, 4) is 0 Å². The van der Waals surface area contributed by atoms with Crippen molar-refractivity contribution in [2.24, 2.45) is 86.4 Å². The first-order valence-corrected chi connectivity index (χ1v) is 20.5. The van der Waals surface area contributed by atoms with E-state index >= 15 is 0 Å². The molecule has 0 saturated heterocycles. The largest absolute Gasteiger partial charge is 0.390 e. The van der Waals surface area contributed by atoms with Gasteiger partial charge in [0.25, 0.3) is 0 Å². The summed E-state index contributed by atoms with van der Waals surface area (Å²) in [6.07, 6.45) is 17.4. The molecule has 8 rings (SSSR count). The minimum absolute atomic E-state index is 0. The first kappa shape index (κ1) is 46.5. The zero-order valence-corrected chi connectivity index (χ0v) is 33.7. The summed E-state index contributed by atoms with van der Waals surface area (Å²) in [7, 11) is 0. The summed E-state index contributed by atoms with van der Waals surface area (Å²) >= 11 is 0. The lowest BCUT2D eigenvalue weighted by Crippen LogP contribution is -2.64. The minimum atomic E-state index is -0.598. The second-order valence-corrected chi connectivity index (χ2v) is 19.9. The maximum atomic E-state index is 11.1. The van der Waals surface area contributed by atoms with Crippen LogP contribution in [0.4, 0.5) is 0 Å². The van der Waals surface area contributed by atoms with Gasteiger partial charge in [-0.15, -0.1) is 24.8 Å². The Morgan fingerprint density at radius 1 is 0.577 bits per heavy atom. The van der Waals surface area contributed by atoms with Crippen molar-refractivity contribution in [2.75, 3.05) is 0 Å². The summed E-state index contributed by atoms with van der Waals surface area (Å²) in [5.41, 5.74) is 15.0. The van der Waals surface area contributed by atoms with E-state index in [1.54, 1.807) is 5.57 Å². The molecule has 0 radical (unpaired) electrons. The Kier molecular flexibility index (Phi) is 14.8. The van der Waals surface area contributed by atoms with Crippen LogP contribution >= 0.6 is 24.8 Å². The molecule has 0 amide bonds. The molecular formula is C44H82Cl2N2O4. The van der Waals surface area contributed by atoms with Crippen LogP contribution in [0.5, 0.6) is 0 Å². The summed E-state index contributed by atoms with van der Waals surface area (Å²) < 4.78 is 0. The molecule has 52 heavy (non-hydrogen) atoms. The highest BCUT2D eigenvalue weighted by Crippen LogP contribution is 2.69. The Morgan fingerprint density at radius 3 is 1.50 bits per heavy atom. The number of rotatable bonds is 1. The third-order valence-corrected chi connectivity index (χ3v) is 18.5. The zero-order valence-electron chi connectivity index (χ0n) is 32.1. The van der Waals surface area contributed by atoms with Gasteiger partial charge in [-0.25, -0.2) is 0 Å². The van der Waals surface area contributed by atoms with Crippen LogP contribution in [0.2, 0.25) is 0 Å². The van der Waals surface area contributed by atoms with Crippen LogP contribution in [0.3, 0.4) is 0 Å². The molecule has 8 fully saturated rings. The summed E-state index contributed by atoms with van der Waals surface area (Å²) in [4.78, 5) is 0. The summed E-state index contributed by atoms with van der Waals surface area (Å²) in [6, 6.07) is 0.391. The molecule has 0 spiro atoms. The first-order chi connectivity index (χ1) is 22.7. The van der Waals surface area contributed by atoms with E-state index in [0.717, 1.165) is 44.4 Å². The Bertz CT molecular complexity index is 1240. The fourth-order valence-electron chi connectivity index (χ4n) is 15.7. The average Bonchev–Trinajstić information content (AvgIpc) is 3.59. The van der Waals surface area contributed by atoms with Crippen molar-refractivity contribution < 1.29 is 20.4 Å². The van der Waals surface area contributed by atoms with Crippen molar-refractivity contribution >= 4 is 24.8 Å². The van der Waals surface area contributed by atoms with Gasteiger partial charge in [0.15, 0.2) is 0 Å².